The van der Waals surface area contributed by atoms with E-state index in [1.165, 1.54) is 7.11 Å². The lowest BCUT2D eigenvalue weighted by Crippen LogP contribution is -2.42. The van der Waals surface area contributed by atoms with E-state index in [0.717, 1.165) is 12.8 Å². The Morgan fingerprint density at radius 2 is 1.03 bits per heavy atom. The van der Waals surface area contributed by atoms with Gasteiger partial charge in [-0.3, -0.25) is 0 Å². The van der Waals surface area contributed by atoms with E-state index in [1.807, 2.05) is 0 Å². The van der Waals surface area contributed by atoms with Gasteiger partial charge in [0.05, 0.1) is 20.3 Å². The molecule has 0 aromatic heterocycles. The predicted octanol–water partition coefficient (Wildman–Crippen LogP) is 4.02. The van der Waals surface area contributed by atoms with Crippen LogP contribution < -0.4 is 0 Å². The first-order valence-corrected chi connectivity index (χ1v) is 12.4. The van der Waals surface area contributed by atoms with E-state index in [2.05, 4.69) is 31.4 Å². The quantitative estimate of drug-likeness (QED) is 0.124. The summed E-state index contributed by atoms with van der Waals surface area (Å²) in [4.78, 5) is 32.0. The summed E-state index contributed by atoms with van der Waals surface area (Å²) in [6.45, 7) is 18.0. The Morgan fingerprint density at radius 1 is 0.667 bits per heavy atom. The van der Waals surface area contributed by atoms with Crippen molar-refractivity contribution in [1.82, 2.24) is 0 Å². The standard InChI is InChI=1S/C10H20O5Si.C8H14O2.C5H8O2/c1-9(2)10(11)15-7-6-8-16(12-3,13-4)14-5;1-4-5-6-10-8(9)7(2)3;1-4(2)5(6)7-3/h1,6-8H2,2-5H3;2,4-6H2,1,3H3;1H2,2-3H3. The highest BCUT2D eigenvalue weighted by Gasteiger charge is 2.36. The van der Waals surface area contributed by atoms with Crippen molar-refractivity contribution < 1.29 is 41.9 Å². The monoisotopic (exact) mass is 490 g/mol. The molecule has 0 rings (SSSR count). The van der Waals surface area contributed by atoms with Gasteiger partial charge in [-0.05, 0) is 33.6 Å². The molecule has 10 heteroatoms. The van der Waals surface area contributed by atoms with E-state index in [9.17, 15) is 14.4 Å². The first-order chi connectivity index (χ1) is 15.4. The van der Waals surface area contributed by atoms with Gasteiger partial charge in [0.2, 0.25) is 0 Å². The highest BCUT2D eigenvalue weighted by molar-refractivity contribution is 6.60. The Balaban J connectivity index is -0.000000451. The summed E-state index contributed by atoms with van der Waals surface area (Å²) in [6, 6.07) is 0.611. The molecule has 0 bridgehead atoms. The minimum absolute atomic E-state index is 0.284. The Hall–Kier alpha value is -2.27. The molecule has 9 nitrogen and oxygen atoms in total. The number of rotatable bonds is 13. The first-order valence-electron chi connectivity index (χ1n) is 10.4. The molecule has 0 aromatic carbocycles. The van der Waals surface area contributed by atoms with Crippen molar-refractivity contribution in [2.24, 2.45) is 0 Å². The van der Waals surface area contributed by atoms with Crippen LogP contribution in [0.1, 0.15) is 47.0 Å². The normalized spacial score (nSPS) is 9.82. The van der Waals surface area contributed by atoms with E-state index in [-0.39, 0.29) is 17.9 Å². The van der Waals surface area contributed by atoms with Gasteiger partial charge >= 0.3 is 26.7 Å². The molecule has 0 aliphatic rings. The maximum atomic E-state index is 11.1. The van der Waals surface area contributed by atoms with Crippen molar-refractivity contribution in [3.8, 4) is 0 Å². The number of carbonyl (C=O) groups excluding carboxylic acids is 3. The summed E-state index contributed by atoms with van der Waals surface area (Å²) in [5.74, 6) is -1.01. The van der Waals surface area contributed by atoms with E-state index in [0.29, 0.717) is 42.4 Å². The molecule has 0 saturated heterocycles. The third-order valence-corrected chi connectivity index (χ3v) is 6.59. The Morgan fingerprint density at radius 3 is 1.27 bits per heavy atom. The van der Waals surface area contributed by atoms with Crippen molar-refractivity contribution in [1.29, 1.82) is 0 Å². The molecular formula is C23H42O9Si. The molecule has 0 aromatic rings. The zero-order valence-electron chi connectivity index (χ0n) is 21.5. The number of hydrogen-bond donors (Lipinski definition) is 0. The van der Waals surface area contributed by atoms with Crippen LogP contribution in [0.3, 0.4) is 0 Å². The smallest absolute Gasteiger partial charge is 0.466 e. The second-order valence-electron chi connectivity index (χ2n) is 6.86. The van der Waals surface area contributed by atoms with Crippen molar-refractivity contribution in [3.63, 3.8) is 0 Å². The van der Waals surface area contributed by atoms with Crippen molar-refractivity contribution >= 4 is 26.7 Å². The highest BCUT2D eigenvalue weighted by atomic mass is 28.4. The number of esters is 3. The van der Waals surface area contributed by atoms with Gasteiger partial charge in [0, 0.05) is 44.1 Å². The Kier molecular flexibility index (Phi) is 23.1. The molecule has 0 aliphatic carbocycles. The third-order valence-electron chi connectivity index (χ3n) is 3.76. The largest absolute Gasteiger partial charge is 0.500 e. The number of hydrogen-bond acceptors (Lipinski definition) is 9. The number of carbonyl (C=O) groups is 3. The molecule has 192 valence electrons. The fourth-order valence-corrected chi connectivity index (χ4v) is 3.43. The van der Waals surface area contributed by atoms with Crippen molar-refractivity contribution in [2.75, 3.05) is 41.7 Å². The molecular weight excluding hydrogens is 448 g/mol. The van der Waals surface area contributed by atoms with Crippen LogP contribution in [0.15, 0.2) is 36.5 Å². The van der Waals surface area contributed by atoms with Gasteiger partial charge in [0.25, 0.3) is 0 Å². The van der Waals surface area contributed by atoms with E-state index >= 15 is 0 Å². The lowest BCUT2D eigenvalue weighted by Gasteiger charge is -2.24. The number of ether oxygens (including phenoxy) is 3. The summed E-state index contributed by atoms with van der Waals surface area (Å²) in [5, 5.41) is 0. The van der Waals surface area contributed by atoms with Gasteiger partial charge in [0.15, 0.2) is 0 Å². The first kappa shape index (κ1) is 35.3. The summed E-state index contributed by atoms with van der Waals surface area (Å²) in [7, 11) is 3.46. The summed E-state index contributed by atoms with van der Waals surface area (Å²) in [5.41, 5.74) is 1.30. The van der Waals surface area contributed by atoms with Gasteiger partial charge in [-0.2, -0.15) is 0 Å². The van der Waals surface area contributed by atoms with E-state index in [1.54, 1.807) is 42.1 Å². The topological polar surface area (TPSA) is 107 Å². The number of unbranched alkanes of at least 4 members (excludes halogenated alkanes) is 1. The zero-order valence-corrected chi connectivity index (χ0v) is 22.5. The molecule has 0 aliphatic heterocycles. The molecule has 0 heterocycles. The molecule has 0 saturated carbocycles. The van der Waals surface area contributed by atoms with Crippen LogP contribution in [0.4, 0.5) is 0 Å². The fraction of sp³-hybridized carbons (Fsp3) is 0.609. The minimum Gasteiger partial charge on any atom is -0.466 e. The van der Waals surface area contributed by atoms with Crippen LogP contribution >= 0.6 is 0 Å². The lowest BCUT2D eigenvalue weighted by atomic mass is 10.3. The van der Waals surface area contributed by atoms with Gasteiger partial charge in [-0.15, -0.1) is 0 Å². The molecule has 33 heavy (non-hydrogen) atoms. The van der Waals surface area contributed by atoms with Crippen molar-refractivity contribution in [2.45, 2.75) is 53.0 Å². The van der Waals surface area contributed by atoms with Gasteiger partial charge < -0.3 is 27.5 Å². The Bertz CT molecular complexity index is 617. The molecule has 0 fully saturated rings. The summed E-state index contributed by atoms with van der Waals surface area (Å²) >= 11 is 0. The van der Waals surface area contributed by atoms with Crippen molar-refractivity contribution in [3.05, 3.63) is 36.5 Å². The van der Waals surface area contributed by atoms with Crippen LogP contribution in [0.25, 0.3) is 0 Å². The zero-order chi connectivity index (χ0) is 26.4. The maximum Gasteiger partial charge on any atom is 0.500 e. The molecule has 0 radical (unpaired) electrons. The van der Waals surface area contributed by atoms with E-state index in [4.69, 9.17) is 22.8 Å². The average molecular weight is 491 g/mol. The average Bonchev–Trinajstić information content (AvgIpc) is 2.79. The number of methoxy groups -OCH3 is 1. The molecule has 0 spiro atoms. The molecule has 0 N–H and O–H groups in total. The SMILES string of the molecule is C=C(C)C(=O)OC.C=C(C)C(=O)OCCCC.C=C(C)C(=O)OCCC[Si](OC)(OC)OC. The van der Waals surface area contributed by atoms with E-state index < -0.39 is 8.80 Å². The second kappa shape index (κ2) is 21.6. The highest BCUT2D eigenvalue weighted by Crippen LogP contribution is 2.14. The van der Waals surface area contributed by atoms with Crippen LogP contribution in [0, 0.1) is 0 Å². The summed E-state index contributed by atoms with van der Waals surface area (Å²) < 4.78 is 29.7. The molecule has 0 atom stereocenters. The van der Waals surface area contributed by atoms with Gasteiger partial charge in [-0.25, -0.2) is 14.4 Å². The minimum atomic E-state index is -2.53. The van der Waals surface area contributed by atoms with Gasteiger partial charge in [0.1, 0.15) is 0 Å². The Labute approximate surface area is 200 Å². The fourth-order valence-electron chi connectivity index (χ4n) is 1.74. The lowest BCUT2D eigenvalue weighted by molar-refractivity contribution is -0.139. The van der Waals surface area contributed by atoms with Gasteiger partial charge in [-0.1, -0.05) is 33.1 Å². The predicted molar refractivity (Wildman–Crippen MR) is 129 cm³/mol. The third kappa shape index (κ3) is 20.1. The van der Waals surface area contributed by atoms with Crippen LogP contribution in [-0.4, -0.2) is 68.4 Å². The summed E-state index contributed by atoms with van der Waals surface area (Å²) in [6.07, 6.45) is 2.61. The van der Waals surface area contributed by atoms with Crippen LogP contribution in [-0.2, 0) is 41.9 Å². The van der Waals surface area contributed by atoms with Crippen LogP contribution in [0.5, 0.6) is 0 Å². The maximum absolute atomic E-state index is 11.1. The molecule has 0 unspecified atom stereocenters. The molecule has 0 amide bonds. The second-order valence-corrected chi connectivity index (χ2v) is 9.95. The van der Waals surface area contributed by atoms with Crippen LogP contribution in [0.2, 0.25) is 6.04 Å².